The quantitative estimate of drug-likeness (QED) is 0.0993. The van der Waals surface area contributed by atoms with Crippen LogP contribution in [-0.4, -0.2) is 45.9 Å². The summed E-state index contributed by atoms with van der Waals surface area (Å²) in [5.74, 6) is 0.381. The van der Waals surface area contributed by atoms with E-state index in [0.29, 0.717) is 37.6 Å². The van der Waals surface area contributed by atoms with Crippen LogP contribution in [0.1, 0.15) is 99.3 Å². The second kappa shape index (κ2) is 14.6. The molecule has 0 aliphatic heterocycles. The third-order valence-corrected chi connectivity index (χ3v) is 12.6. The minimum atomic E-state index is -0.671. The fourth-order valence-corrected chi connectivity index (χ4v) is 10.0. The van der Waals surface area contributed by atoms with Crippen molar-refractivity contribution in [3.05, 3.63) is 50.1 Å². The van der Waals surface area contributed by atoms with Gasteiger partial charge in [0, 0.05) is 56.8 Å². The molecule has 1 aromatic rings. The minimum absolute atomic E-state index is 0.000607. The molecule has 50 heavy (non-hydrogen) atoms. The summed E-state index contributed by atoms with van der Waals surface area (Å²) in [5, 5.41) is 30.9. The molecule has 3 fully saturated rings. The molecule has 0 aromatic heterocycles. The Kier molecular flexibility index (Phi) is 10.8. The Labute approximate surface area is 293 Å². The van der Waals surface area contributed by atoms with E-state index in [4.69, 9.17) is 9.84 Å². The van der Waals surface area contributed by atoms with E-state index in [0.717, 1.165) is 50.3 Å². The van der Waals surface area contributed by atoms with Crippen molar-refractivity contribution in [1.82, 2.24) is 5.32 Å². The first-order chi connectivity index (χ1) is 23.5. The van der Waals surface area contributed by atoms with Crippen LogP contribution in [0.15, 0.2) is 34.9 Å². The van der Waals surface area contributed by atoms with Gasteiger partial charge in [0.1, 0.15) is 17.6 Å². The van der Waals surface area contributed by atoms with Gasteiger partial charge in [-0.25, -0.2) is 0 Å². The molecule has 0 heterocycles. The molecule has 1 amide bonds. The third kappa shape index (κ3) is 7.32. The molecule has 13 nitrogen and oxygen atoms in total. The number of benzene rings is 1. The molecule has 0 bridgehead atoms. The number of esters is 1. The number of allylic oxidation sites excluding steroid dienone is 1. The highest BCUT2D eigenvalue weighted by Gasteiger charge is 2.62. The Morgan fingerprint density at radius 2 is 1.78 bits per heavy atom. The summed E-state index contributed by atoms with van der Waals surface area (Å²) in [7, 11) is 0. The van der Waals surface area contributed by atoms with Gasteiger partial charge in [0.15, 0.2) is 0 Å². The molecule has 4 aliphatic rings. The fraction of sp³-hybridized carbons (Fsp3) is 0.676. The van der Waals surface area contributed by atoms with Crippen LogP contribution in [0.5, 0.6) is 0 Å². The fourth-order valence-electron chi connectivity index (χ4n) is 10.0. The molecule has 5 rings (SSSR count). The van der Waals surface area contributed by atoms with Gasteiger partial charge in [0.25, 0.3) is 5.69 Å². The molecule has 1 aromatic carbocycles. The van der Waals surface area contributed by atoms with Crippen molar-refractivity contribution in [2.75, 3.05) is 12.0 Å². The van der Waals surface area contributed by atoms with Crippen molar-refractivity contribution in [2.45, 2.75) is 105 Å². The maximum atomic E-state index is 13.9. The summed E-state index contributed by atoms with van der Waals surface area (Å²) in [6, 6.07) is 3.45. The molecule has 9 atom stereocenters. The molecule has 0 radical (unpaired) electrons. The number of hydrogen-bond donors (Lipinski definition) is 2. The highest BCUT2D eigenvalue weighted by atomic mass is 16.6. The number of carbonyl (C=O) groups is 3. The monoisotopic (exact) mass is 693 g/mol. The number of nitro benzene ring substituents is 2. The number of Topliss-reactive ketones (excluding diaryl/α,β-unsaturated/α-hetero) is 1. The van der Waals surface area contributed by atoms with E-state index in [1.165, 1.54) is 31.6 Å². The predicted molar refractivity (Wildman–Crippen MR) is 188 cm³/mol. The third-order valence-electron chi connectivity index (χ3n) is 12.6. The van der Waals surface area contributed by atoms with Crippen molar-refractivity contribution in [3.63, 3.8) is 0 Å². The van der Waals surface area contributed by atoms with Crippen LogP contribution in [0.25, 0.3) is 0 Å². The number of hydrazone groups is 1. The van der Waals surface area contributed by atoms with Crippen LogP contribution in [0, 0.1) is 66.6 Å². The molecule has 272 valence electrons. The highest BCUT2D eigenvalue weighted by Crippen LogP contribution is 2.66. The highest BCUT2D eigenvalue weighted by molar-refractivity contribution is 5.96. The normalized spacial score (nSPS) is 32.0. The van der Waals surface area contributed by atoms with Gasteiger partial charge in [0.2, 0.25) is 5.91 Å². The number of amides is 1. The Morgan fingerprint density at radius 3 is 2.44 bits per heavy atom. The average molecular weight is 694 g/mol. The summed E-state index contributed by atoms with van der Waals surface area (Å²) in [6.45, 7) is 12.1. The number of fused-ring (bicyclic) bond motifs is 5. The molecule has 0 spiro atoms. The second-order valence-electron chi connectivity index (χ2n) is 15.7. The lowest BCUT2D eigenvalue weighted by Crippen LogP contribution is -2.51. The molecule has 2 N–H and O–H groups in total. The van der Waals surface area contributed by atoms with Gasteiger partial charge in [-0.15, -0.1) is 0 Å². The molecular formula is C37H51N5O8. The number of carbonyl (C=O) groups excluding carboxylic acids is 3. The van der Waals surface area contributed by atoms with Gasteiger partial charge in [0.05, 0.1) is 15.9 Å². The molecular weight excluding hydrogens is 642 g/mol. The number of rotatable bonds is 12. The van der Waals surface area contributed by atoms with Crippen molar-refractivity contribution >= 4 is 40.4 Å². The number of hydrogen-bond acceptors (Lipinski definition) is 10. The van der Waals surface area contributed by atoms with Gasteiger partial charge < -0.3 is 10.1 Å². The Morgan fingerprint density at radius 1 is 1.04 bits per heavy atom. The zero-order valence-corrected chi connectivity index (χ0v) is 30.0. The van der Waals surface area contributed by atoms with Crippen LogP contribution < -0.4 is 10.7 Å². The van der Waals surface area contributed by atoms with Crippen LogP contribution in [0.4, 0.5) is 17.1 Å². The Hall–Kier alpha value is -4.16. The van der Waals surface area contributed by atoms with Crippen molar-refractivity contribution in [1.29, 1.82) is 0 Å². The number of ketones is 1. The molecule has 3 saturated carbocycles. The number of ether oxygens (including phenoxy) is 1. The van der Waals surface area contributed by atoms with Crippen molar-refractivity contribution in [3.8, 4) is 0 Å². The maximum absolute atomic E-state index is 13.9. The lowest BCUT2D eigenvalue weighted by Gasteiger charge is -2.58. The van der Waals surface area contributed by atoms with Gasteiger partial charge >= 0.3 is 11.7 Å². The predicted octanol–water partition coefficient (Wildman–Crippen LogP) is 7.15. The second-order valence-corrected chi connectivity index (χ2v) is 15.7. The maximum Gasteiger partial charge on any atom is 0.302 e. The van der Waals surface area contributed by atoms with Gasteiger partial charge in [-0.3, -0.25) is 40.0 Å². The minimum Gasteiger partial charge on any atom is -0.462 e. The molecule has 13 heteroatoms. The van der Waals surface area contributed by atoms with E-state index in [-0.39, 0.29) is 69.6 Å². The van der Waals surface area contributed by atoms with Gasteiger partial charge in [-0.2, -0.15) is 5.10 Å². The van der Waals surface area contributed by atoms with Gasteiger partial charge in [-0.05, 0) is 85.5 Å². The first kappa shape index (κ1) is 37.1. The van der Waals surface area contributed by atoms with Crippen molar-refractivity contribution < 1.29 is 29.0 Å². The molecule has 0 unspecified atom stereocenters. The van der Waals surface area contributed by atoms with E-state index < -0.39 is 15.5 Å². The number of anilines is 1. The van der Waals surface area contributed by atoms with E-state index >= 15 is 0 Å². The lowest BCUT2D eigenvalue weighted by atomic mass is 9.47. The smallest absolute Gasteiger partial charge is 0.302 e. The SMILES string of the molecule is CC(=O)NC[C@@H](C)CCC(=O)[C@H](C)[C@H]1/C(=N/Nc2ccc([N+](=O)[O-])cc2[N+](=O)[O-])C[C@H]2[C@@H]3CC=C4C[C@@H](OC(C)=O)CC[C@]4(C)[C@H]3CC[C@]12C. The first-order valence-electron chi connectivity index (χ1n) is 17.9. The number of nitro groups is 2. The van der Waals surface area contributed by atoms with E-state index in [9.17, 15) is 34.6 Å². The Balaban J connectivity index is 1.45. The summed E-state index contributed by atoms with van der Waals surface area (Å²) in [4.78, 5) is 58.9. The van der Waals surface area contributed by atoms with Gasteiger partial charge in [-0.1, -0.05) is 39.3 Å². The van der Waals surface area contributed by atoms with E-state index in [2.05, 4.69) is 30.7 Å². The largest absolute Gasteiger partial charge is 0.462 e. The van der Waals surface area contributed by atoms with Crippen LogP contribution in [0.3, 0.4) is 0 Å². The van der Waals surface area contributed by atoms with E-state index in [1.807, 2.05) is 13.8 Å². The number of nitrogens with zero attached hydrogens (tertiary/aromatic N) is 3. The topological polar surface area (TPSA) is 183 Å². The summed E-state index contributed by atoms with van der Waals surface area (Å²) < 4.78 is 5.62. The van der Waals surface area contributed by atoms with Crippen LogP contribution >= 0.6 is 0 Å². The number of non-ortho nitro benzene ring substituents is 1. The Bertz CT molecular complexity index is 1610. The van der Waals surface area contributed by atoms with Crippen LogP contribution in [-0.2, 0) is 19.1 Å². The average Bonchev–Trinajstić information content (AvgIpc) is 3.36. The molecule has 0 saturated heterocycles. The van der Waals surface area contributed by atoms with Crippen molar-refractivity contribution in [2.24, 2.45) is 51.4 Å². The summed E-state index contributed by atoms with van der Waals surface area (Å²) in [5.41, 5.74) is 4.07. The molecule has 4 aliphatic carbocycles. The van der Waals surface area contributed by atoms with Crippen LogP contribution in [0.2, 0.25) is 0 Å². The van der Waals surface area contributed by atoms with E-state index in [1.54, 1.807) is 0 Å². The summed E-state index contributed by atoms with van der Waals surface area (Å²) in [6.07, 6.45) is 9.28. The zero-order chi connectivity index (χ0) is 36.5. The standard InChI is InChI=1S/C37H51N5O8/c1-21(20-38-23(3)43)7-12-34(45)22(2)35-32(40-39-31-11-9-26(41(46)47)18-33(31)42(48)49)19-30-28-10-8-25-17-27(50-24(4)44)13-15-36(25,5)29(28)14-16-37(30,35)6/h8-9,11,18,21-22,27-30,35,39H,7,10,12-17,19-20H2,1-6H3,(H,38,43)/b40-32+/t21-,22-,27-,28+,29-,30-,35-,36-,37-/m0/s1. The first-order valence-corrected chi connectivity index (χ1v) is 17.9. The lowest BCUT2D eigenvalue weighted by molar-refractivity contribution is -0.393. The number of nitrogens with one attached hydrogen (secondary N) is 2. The zero-order valence-electron chi connectivity index (χ0n) is 30.0. The summed E-state index contributed by atoms with van der Waals surface area (Å²) >= 11 is 0.